The van der Waals surface area contributed by atoms with Crippen LogP contribution in [0.25, 0.3) is 11.3 Å². The Labute approximate surface area is 190 Å². The number of hydrogen-bond acceptors (Lipinski definition) is 5. The number of anilines is 1. The minimum absolute atomic E-state index is 0.0635. The highest BCUT2D eigenvalue weighted by Crippen LogP contribution is 2.33. The van der Waals surface area contributed by atoms with Gasteiger partial charge in [0.1, 0.15) is 5.75 Å². The van der Waals surface area contributed by atoms with Crippen LogP contribution in [0, 0.1) is 0 Å². The summed E-state index contributed by atoms with van der Waals surface area (Å²) in [7, 11) is 0. The van der Waals surface area contributed by atoms with E-state index >= 15 is 0 Å². The predicted molar refractivity (Wildman–Crippen MR) is 127 cm³/mol. The van der Waals surface area contributed by atoms with Gasteiger partial charge < -0.3 is 10.4 Å². The normalized spacial score (nSPS) is 10.6. The van der Waals surface area contributed by atoms with Gasteiger partial charge >= 0.3 is 0 Å². The zero-order valence-corrected chi connectivity index (χ0v) is 18.1. The smallest absolute Gasteiger partial charge is 0.226 e. The summed E-state index contributed by atoms with van der Waals surface area (Å²) in [4.78, 5) is 30.5. The number of carbonyl (C=O) groups is 2. The van der Waals surface area contributed by atoms with Crippen LogP contribution in [0.2, 0.25) is 0 Å². The van der Waals surface area contributed by atoms with E-state index in [1.807, 2.05) is 48.5 Å². The molecular weight excluding hydrogens is 420 g/mol. The lowest BCUT2D eigenvalue weighted by Crippen LogP contribution is -2.13. The van der Waals surface area contributed by atoms with E-state index < -0.39 is 0 Å². The molecule has 6 heteroatoms. The number of nitrogens with one attached hydrogen (secondary N) is 1. The predicted octanol–water partition coefficient (Wildman–Crippen LogP) is 5.71. The largest absolute Gasteiger partial charge is 0.508 e. The van der Waals surface area contributed by atoms with E-state index in [1.54, 1.807) is 12.1 Å². The highest BCUT2D eigenvalue weighted by Gasteiger charge is 2.16. The van der Waals surface area contributed by atoms with Gasteiger partial charge in [0.05, 0.1) is 5.69 Å². The average molecular weight is 443 g/mol. The maximum atomic E-state index is 12.5. The number of nitrogens with zero attached hydrogens (tertiary/aromatic N) is 1. The third kappa shape index (κ3) is 5.47. The van der Waals surface area contributed by atoms with Crippen molar-refractivity contribution >= 4 is 28.2 Å². The molecule has 0 aliphatic carbocycles. The summed E-state index contributed by atoms with van der Waals surface area (Å²) in [5.41, 5.74) is 3.50. The first-order valence-corrected chi connectivity index (χ1v) is 11.1. The molecule has 0 radical (unpaired) electrons. The highest BCUT2D eigenvalue weighted by atomic mass is 32.1. The summed E-state index contributed by atoms with van der Waals surface area (Å²) in [6.07, 6.45) is 0.871. The van der Waals surface area contributed by atoms with Crippen molar-refractivity contribution in [3.63, 3.8) is 0 Å². The lowest BCUT2D eigenvalue weighted by molar-refractivity contribution is -0.116. The molecule has 0 saturated carbocycles. The third-order valence-electron chi connectivity index (χ3n) is 4.97. The summed E-state index contributed by atoms with van der Waals surface area (Å²) >= 11 is 1.45. The summed E-state index contributed by atoms with van der Waals surface area (Å²) in [6.45, 7) is 0. The minimum atomic E-state index is -0.253. The van der Waals surface area contributed by atoms with Gasteiger partial charge in [0.2, 0.25) is 5.91 Å². The molecule has 160 valence electrons. The first kappa shape index (κ1) is 21.5. The van der Waals surface area contributed by atoms with E-state index in [9.17, 15) is 14.7 Å². The number of benzene rings is 3. The molecular formula is C26H22N2O3S. The summed E-state index contributed by atoms with van der Waals surface area (Å²) in [6, 6.07) is 26.1. The van der Waals surface area contributed by atoms with Crippen molar-refractivity contribution in [2.24, 2.45) is 0 Å². The number of hydrogen-bond donors (Lipinski definition) is 2. The molecule has 4 rings (SSSR count). The Bertz CT molecular complexity index is 1200. The van der Waals surface area contributed by atoms with Crippen LogP contribution in [0.15, 0.2) is 84.9 Å². The van der Waals surface area contributed by atoms with Crippen molar-refractivity contribution < 1.29 is 14.7 Å². The van der Waals surface area contributed by atoms with Crippen LogP contribution in [-0.4, -0.2) is 21.8 Å². The number of thiazole rings is 1. The fraction of sp³-hybridized carbons (Fsp3) is 0.115. The van der Waals surface area contributed by atoms with E-state index in [4.69, 9.17) is 0 Å². The maximum absolute atomic E-state index is 12.5. The van der Waals surface area contributed by atoms with E-state index in [2.05, 4.69) is 22.4 Å². The number of phenolic OH excluding ortho intramolecular Hbond substituents is 1. The van der Waals surface area contributed by atoms with Gasteiger partial charge in [0, 0.05) is 35.3 Å². The quantitative estimate of drug-likeness (QED) is 0.343. The Kier molecular flexibility index (Phi) is 6.72. The Morgan fingerprint density at radius 2 is 1.50 bits per heavy atom. The zero-order chi connectivity index (χ0) is 22.3. The van der Waals surface area contributed by atoms with Gasteiger partial charge in [-0.3, -0.25) is 9.59 Å². The second-order valence-electron chi connectivity index (χ2n) is 7.34. The van der Waals surface area contributed by atoms with E-state index in [-0.39, 0.29) is 30.3 Å². The molecule has 1 aromatic heterocycles. The molecule has 1 heterocycles. The molecule has 4 aromatic rings. The van der Waals surface area contributed by atoms with Crippen molar-refractivity contribution in [1.29, 1.82) is 0 Å². The molecule has 3 aromatic carbocycles. The monoisotopic (exact) mass is 442 g/mol. The van der Waals surface area contributed by atoms with Crippen molar-refractivity contribution in [3.05, 3.63) is 101 Å². The van der Waals surface area contributed by atoms with Crippen LogP contribution in [0.3, 0.4) is 0 Å². The second kappa shape index (κ2) is 10.0. The number of Topliss-reactive ketones (excluding diaryl/α,β-unsaturated/α-hetero) is 1. The third-order valence-corrected chi connectivity index (χ3v) is 5.94. The Balaban J connectivity index is 1.46. The molecule has 0 unspecified atom stereocenters. The molecule has 0 bridgehead atoms. The van der Waals surface area contributed by atoms with E-state index in [1.165, 1.54) is 29.0 Å². The molecule has 32 heavy (non-hydrogen) atoms. The Morgan fingerprint density at radius 1 is 0.844 bits per heavy atom. The molecule has 5 nitrogen and oxygen atoms in total. The van der Waals surface area contributed by atoms with Crippen LogP contribution in [0.4, 0.5) is 5.13 Å². The molecule has 0 atom stereocenters. The highest BCUT2D eigenvalue weighted by molar-refractivity contribution is 7.16. The summed E-state index contributed by atoms with van der Waals surface area (Å²) < 4.78 is 0. The fourth-order valence-electron chi connectivity index (χ4n) is 3.33. The van der Waals surface area contributed by atoms with E-state index in [0.29, 0.717) is 10.7 Å². The number of amides is 1. The van der Waals surface area contributed by atoms with Gasteiger partial charge in [-0.15, -0.1) is 11.3 Å². The van der Waals surface area contributed by atoms with Gasteiger partial charge in [-0.25, -0.2) is 4.98 Å². The molecule has 0 aliphatic heterocycles. The van der Waals surface area contributed by atoms with E-state index in [0.717, 1.165) is 22.6 Å². The molecule has 0 fully saturated rings. The minimum Gasteiger partial charge on any atom is -0.508 e. The number of phenols is 1. The number of ketones is 1. The molecule has 2 N–H and O–H groups in total. The summed E-state index contributed by atoms with van der Waals surface area (Å²) in [5.74, 6) is -0.297. The van der Waals surface area contributed by atoms with Gasteiger partial charge in [0.15, 0.2) is 10.9 Å². The molecule has 1 amide bonds. The topological polar surface area (TPSA) is 79.3 Å². The SMILES string of the molecule is O=C(CCC(=O)c1ccc(O)cc1)Nc1nc(-c2ccccc2)c(Cc2ccccc2)s1. The van der Waals surface area contributed by atoms with Crippen molar-refractivity contribution in [2.45, 2.75) is 19.3 Å². The van der Waals surface area contributed by atoms with Gasteiger partial charge in [0.25, 0.3) is 0 Å². The zero-order valence-electron chi connectivity index (χ0n) is 17.3. The standard InChI is InChI=1S/C26H22N2O3S/c29-21-13-11-19(12-14-21)22(30)15-16-24(31)27-26-28-25(20-9-5-2-6-10-20)23(32-26)17-18-7-3-1-4-8-18/h1-14,29H,15-17H2,(H,27,28,31). The van der Waals surface area contributed by atoms with Crippen LogP contribution >= 0.6 is 11.3 Å². The lowest BCUT2D eigenvalue weighted by Gasteiger charge is -2.02. The fourth-order valence-corrected chi connectivity index (χ4v) is 4.36. The number of rotatable bonds is 8. The van der Waals surface area contributed by atoms with Gasteiger partial charge in [-0.05, 0) is 29.8 Å². The number of carbonyl (C=O) groups excluding carboxylic acids is 2. The van der Waals surface area contributed by atoms with Crippen LogP contribution in [-0.2, 0) is 11.2 Å². The van der Waals surface area contributed by atoms with Crippen molar-refractivity contribution in [1.82, 2.24) is 4.98 Å². The molecule has 0 saturated heterocycles. The van der Waals surface area contributed by atoms with Crippen molar-refractivity contribution in [2.75, 3.05) is 5.32 Å². The van der Waals surface area contributed by atoms with Crippen LogP contribution in [0.1, 0.15) is 33.6 Å². The number of aromatic nitrogens is 1. The maximum Gasteiger partial charge on any atom is 0.226 e. The first-order valence-electron chi connectivity index (χ1n) is 10.3. The Hall–Kier alpha value is -3.77. The van der Waals surface area contributed by atoms with Crippen LogP contribution < -0.4 is 5.32 Å². The van der Waals surface area contributed by atoms with Gasteiger partial charge in [-0.1, -0.05) is 60.7 Å². The molecule has 0 spiro atoms. The second-order valence-corrected chi connectivity index (χ2v) is 8.42. The lowest BCUT2D eigenvalue weighted by atomic mass is 10.1. The molecule has 0 aliphatic rings. The Morgan fingerprint density at radius 3 is 2.19 bits per heavy atom. The van der Waals surface area contributed by atoms with Crippen molar-refractivity contribution in [3.8, 4) is 17.0 Å². The average Bonchev–Trinajstić information content (AvgIpc) is 3.21. The summed E-state index contributed by atoms with van der Waals surface area (Å²) in [5, 5.41) is 12.7. The van der Waals surface area contributed by atoms with Crippen LogP contribution in [0.5, 0.6) is 5.75 Å². The number of aromatic hydroxyl groups is 1. The first-order chi connectivity index (χ1) is 15.6. The van der Waals surface area contributed by atoms with Gasteiger partial charge in [-0.2, -0.15) is 0 Å².